The van der Waals surface area contributed by atoms with E-state index in [4.69, 9.17) is 4.74 Å². The van der Waals surface area contributed by atoms with Crippen LogP contribution in [-0.2, 0) is 9.53 Å². The monoisotopic (exact) mass is 319 g/mol. The number of carbonyl (C=O) groups is 1. The average Bonchev–Trinajstić information content (AvgIpc) is 2.67. The molecule has 0 fully saturated rings. The minimum absolute atomic E-state index is 0.0785. The molecule has 2 unspecified atom stereocenters. The van der Waals surface area contributed by atoms with E-state index in [0.29, 0.717) is 5.57 Å². The minimum atomic E-state index is -0.317. The third-order valence-electron chi connectivity index (χ3n) is 4.36. The number of carbonyl (C=O) groups excluding carboxylic acids is 1. The Morgan fingerprint density at radius 2 is 1.67 bits per heavy atom. The molecule has 0 saturated heterocycles. The fourth-order valence-corrected chi connectivity index (χ4v) is 3.01. The molecule has 0 bridgehead atoms. The van der Waals surface area contributed by atoms with Gasteiger partial charge in [0.2, 0.25) is 0 Å². The maximum Gasteiger partial charge on any atom is 0.339 e. The van der Waals surface area contributed by atoms with Gasteiger partial charge in [0.05, 0.1) is 24.8 Å². The summed E-state index contributed by atoms with van der Waals surface area (Å²) in [5.74, 6) is -0.317. The zero-order chi connectivity index (χ0) is 16.9. The van der Waals surface area contributed by atoms with Gasteiger partial charge in [0.1, 0.15) is 0 Å². The molecule has 1 aliphatic rings. The van der Waals surface area contributed by atoms with Gasteiger partial charge in [-0.3, -0.25) is 0 Å². The molecule has 3 heteroatoms. The van der Waals surface area contributed by atoms with Crippen molar-refractivity contribution in [2.75, 3.05) is 7.11 Å². The summed E-state index contributed by atoms with van der Waals surface area (Å²) in [6.07, 6.45) is 5.81. The highest BCUT2D eigenvalue weighted by atomic mass is 16.5. The quantitative estimate of drug-likeness (QED) is 0.781. The molecule has 3 nitrogen and oxygen atoms in total. The zero-order valence-corrected chi connectivity index (χ0v) is 13.9. The summed E-state index contributed by atoms with van der Waals surface area (Å²) < 4.78 is 4.88. The molecular weight excluding hydrogens is 298 g/mol. The minimum Gasteiger partial charge on any atom is -0.465 e. The molecule has 0 radical (unpaired) electrons. The van der Waals surface area contributed by atoms with E-state index in [1.54, 1.807) is 0 Å². The second-order valence-corrected chi connectivity index (χ2v) is 5.82. The number of rotatable bonds is 4. The van der Waals surface area contributed by atoms with Gasteiger partial charge in [-0.15, -0.1) is 0 Å². The van der Waals surface area contributed by atoms with Gasteiger partial charge < -0.3 is 9.64 Å². The standard InChI is InChI=1S/C21H21NO2/c1-16(17-9-5-3-6-10-17)22-15-19(21(23)24-2)13-14-20(22)18-11-7-4-8-12-18/h3-16,20H,1-2H3. The lowest BCUT2D eigenvalue weighted by atomic mass is 9.97. The summed E-state index contributed by atoms with van der Waals surface area (Å²) in [4.78, 5) is 14.2. The number of nitrogens with zero attached hydrogens (tertiary/aromatic N) is 1. The molecular formula is C21H21NO2. The Labute approximate surface area is 142 Å². The Kier molecular flexibility index (Phi) is 4.80. The van der Waals surface area contributed by atoms with Crippen LogP contribution < -0.4 is 0 Å². The van der Waals surface area contributed by atoms with Gasteiger partial charge in [0, 0.05) is 6.20 Å². The van der Waals surface area contributed by atoms with Gasteiger partial charge in [-0.25, -0.2) is 4.79 Å². The predicted molar refractivity (Wildman–Crippen MR) is 95.1 cm³/mol. The van der Waals surface area contributed by atoms with E-state index in [-0.39, 0.29) is 18.1 Å². The Morgan fingerprint density at radius 1 is 1.04 bits per heavy atom. The van der Waals surface area contributed by atoms with E-state index in [1.165, 1.54) is 18.2 Å². The highest BCUT2D eigenvalue weighted by molar-refractivity contribution is 5.91. The molecule has 1 heterocycles. The number of hydrogen-bond acceptors (Lipinski definition) is 3. The van der Waals surface area contributed by atoms with Crippen LogP contribution in [0.5, 0.6) is 0 Å². The van der Waals surface area contributed by atoms with Crippen LogP contribution in [0.15, 0.2) is 84.6 Å². The van der Waals surface area contributed by atoms with E-state index in [1.807, 2.05) is 48.7 Å². The number of methoxy groups -OCH3 is 1. The molecule has 122 valence electrons. The SMILES string of the molecule is COC(=O)C1=CN(C(C)c2ccccc2)C(c2ccccc2)C=C1. The molecule has 0 N–H and O–H groups in total. The molecule has 24 heavy (non-hydrogen) atoms. The van der Waals surface area contributed by atoms with Crippen molar-refractivity contribution in [3.63, 3.8) is 0 Å². The molecule has 0 aromatic heterocycles. The normalized spacial score (nSPS) is 18.0. The molecule has 2 aromatic carbocycles. The topological polar surface area (TPSA) is 29.5 Å². The molecule has 0 amide bonds. The summed E-state index contributed by atoms with van der Waals surface area (Å²) >= 11 is 0. The van der Waals surface area contributed by atoms with Gasteiger partial charge in [-0.1, -0.05) is 66.7 Å². The molecule has 2 atom stereocenters. The zero-order valence-electron chi connectivity index (χ0n) is 13.9. The number of hydrogen-bond donors (Lipinski definition) is 0. The maximum absolute atomic E-state index is 11.9. The van der Waals surface area contributed by atoms with Crippen molar-refractivity contribution in [2.45, 2.75) is 19.0 Å². The van der Waals surface area contributed by atoms with Crippen LogP contribution in [0.3, 0.4) is 0 Å². The number of benzene rings is 2. The Balaban J connectivity index is 1.99. The first-order valence-electron chi connectivity index (χ1n) is 8.06. The van der Waals surface area contributed by atoms with Crippen LogP contribution in [0.1, 0.15) is 30.1 Å². The van der Waals surface area contributed by atoms with Gasteiger partial charge in [-0.2, -0.15) is 0 Å². The third-order valence-corrected chi connectivity index (χ3v) is 4.36. The van der Waals surface area contributed by atoms with Crippen LogP contribution in [0.4, 0.5) is 0 Å². The van der Waals surface area contributed by atoms with Crippen molar-refractivity contribution in [3.8, 4) is 0 Å². The first-order chi connectivity index (χ1) is 11.7. The summed E-state index contributed by atoms with van der Waals surface area (Å²) in [5, 5.41) is 0. The molecule has 1 aliphatic heterocycles. The van der Waals surface area contributed by atoms with Crippen molar-refractivity contribution < 1.29 is 9.53 Å². The molecule has 2 aromatic rings. The first-order valence-corrected chi connectivity index (χ1v) is 8.06. The summed E-state index contributed by atoms with van der Waals surface area (Å²) in [5.41, 5.74) is 2.96. The van der Waals surface area contributed by atoms with Gasteiger partial charge in [0.25, 0.3) is 0 Å². The van der Waals surface area contributed by atoms with E-state index in [9.17, 15) is 4.79 Å². The highest BCUT2D eigenvalue weighted by Gasteiger charge is 2.26. The molecule has 0 aliphatic carbocycles. The van der Waals surface area contributed by atoms with Crippen molar-refractivity contribution in [3.05, 3.63) is 95.7 Å². The summed E-state index contributed by atoms with van der Waals surface area (Å²) in [7, 11) is 1.41. The fourth-order valence-electron chi connectivity index (χ4n) is 3.01. The lowest BCUT2D eigenvalue weighted by molar-refractivity contribution is -0.135. The van der Waals surface area contributed by atoms with Crippen LogP contribution in [0.2, 0.25) is 0 Å². The highest BCUT2D eigenvalue weighted by Crippen LogP contribution is 2.35. The summed E-state index contributed by atoms with van der Waals surface area (Å²) in [6, 6.07) is 20.8. The molecule has 0 spiro atoms. The van der Waals surface area contributed by atoms with Crippen LogP contribution in [0, 0.1) is 0 Å². The van der Waals surface area contributed by atoms with Crippen molar-refractivity contribution in [2.24, 2.45) is 0 Å². The number of ether oxygens (including phenoxy) is 1. The maximum atomic E-state index is 11.9. The Hall–Kier alpha value is -2.81. The van der Waals surface area contributed by atoms with Crippen LogP contribution in [-0.4, -0.2) is 18.0 Å². The smallest absolute Gasteiger partial charge is 0.339 e. The van der Waals surface area contributed by atoms with Crippen molar-refractivity contribution >= 4 is 5.97 Å². The largest absolute Gasteiger partial charge is 0.465 e. The van der Waals surface area contributed by atoms with Gasteiger partial charge in [-0.05, 0) is 24.1 Å². The fraction of sp³-hybridized carbons (Fsp3) is 0.190. The van der Waals surface area contributed by atoms with Crippen LogP contribution >= 0.6 is 0 Å². The second-order valence-electron chi connectivity index (χ2n) is 5.82. The lowest BCUT2D eigenvalue weighted by Gasteiger charge is -2.37. The molecule has 0 saturated carbocycles. The van der Waals surface area contributed by atoms with Crippen molar-refractivity contribution in [1.82, 2.24) is 4.90 Å². The van der Waals surface area contributed by atoms with Gasteiger partial charge >= 0.3 is 5.97 Å². The molecule has 3 rings (SSSR count). The van der Waals surface area contributed by atoms with Gasteiger partial charge in [0.15, 0.2) is 0 Å². The average molecular weight is 319 g/mol. The van der Waals surface area contributed by atoms with E-state index < -0.39 is 0 Å². The van der Waals surface area contributed by atoms with E-state index in [0.717, 1.165) is 0 Å². The summed E-state index contributed by atoms with van der Waals surface area (Å²) in [6.45, 7) is 2.15. The first kappa shape index (κ1) is 16.1. The lowest BCUT2D eigenvalue weighted by Crippen LogP contribution is -2.29. The Morgan fingerprint density at radius 3 is 2.29 bits per heavy atom. The van der Waals surface area contributed by atoms with E-state index in [2.05, 4.69) is 42.2 Å². The predicted octanol–water partition coefficient (Wildman–Crippen LogP) is 4.42. The second kappa shape index (κ2) is 7.18. The number of esters is 1. The third kappa shape index (κ3) is 3.25. The Bertz CT molecular complexity index is 750. The van der Waals surface area contributed by atoms with E-state index >= 15 is 0 Å². The van der Waals surface area contributed by atoms with Crippen LogP contribution in [0.25, 0.3) is 0 Å². The van der Waals surface area contributed by atoms with Crippen molar-refractivity contribution in [1.29, 1.82) is 0 Å².